The van der Waals surface area contributed by atoms with Crippen molar-refractivity contribution in [3.63, 3.8) is 0 Å². The van der Waals surface area contributed by atoms with Crippen LogP contribution in [0.1, 0.15) is 27.0 Å². The van der Waals surface area contributed by atoms with Gasteiger partial charge in [0, 0.05) is 35.6 Å². The number of carbonyl (C=O) groups excluding carboxylic acids is 2. The van der Waals surface area contributed by atoms with E-state index in [1.807, 2.05) is 48.5 Å². The molecule has 34 heavy (non-hydrogen) atoms. The molecule has 0 saturated heterocycles. The smallest absolute Gasteiger partial charge is 0.319 e. The third kappa shape index (κ3) is 4.94. The number of urea groups is 1. The van der Waals surface area contributed by atoms with Gasteiger partial charge in [0.15, 0.2) is 0 Å². The molecule has 1 aromatic heterocycles. The molecule has 1 aliphatic rings. The van der Waals surface area contributed by atoms with Gasteiger partial charge in [-0.1, -0.05) is 48.0 Å². The lowest BCUT2D eigenvalue weighted by Crippen LogP contribution is -2.30. The molecule has 3 aromatic carbocycles. The molecule has 0 aliphatic carbocycles. The Morgan fingerprint density at radius 3 is 2.32 bits per heavy atom. The molecule has 0 spiro atoms. The van der Waals surface area contributed by atoms with Crippen LogP contribution in [0.25, 0.3) is 0 Å². The van der Waals surface area contributed by atoms with Crippen LogP contribution >= 0.6 is 11.6 Å². The molecule has 2 N–H and O–H groups in total. The molecule has 2 heterocycles. The van der Waals surface area contributed by atoms with Crippen molar-refractivity contribution in [2.24, 2.45) is 0 Å². The number of carbonyl (C=O) groups is 2. The summed E-state index contributed by atoms with van der Waals surface area (Å²) in [6, 6.07) is 22.2. The van der Waals surface area contributed by atoms with Crippen molar-refractivity contribution >= 4 is 34.9 Å². The molecular formula is C26H22ClN5O2. The Bertz CT molecular complexity index is 1320. The Morgan fingerprint density at radius 1 is 0.882 bits per heavy atom. The number of halogens is 1. The van der Waals surface area contributed by atoms with Crippen molar-refractivity contribution in [2.75, 3.05) is 10.6 Å². The van der Waals surface area contributed by atoms with E-state index < -0.39 is 0 Å². The van der Waals surface area contributed by atoms with E-state index in [1.54, 1.807) is 46.2 Å². The van der Waals surface area contributed by atoms with Gasteiger partial charge in [-0.15, -0.1) is 0 Å². The normalized spacial score (nSPS) is 12.3. The fourth-order valence-corrected chi connectivity index (χ4v) is 4.14. The minimum absolute atomic E-state index is 0.166. The number of hydrogen-bond donors (Lipinski definition) is 2. The molecule has 8 heteroatoms. The van der Waals surface area contributed by atoms with Crippen LogP contribution in [0.15, 0.2) is 85.2 Å². The van der Waals surface area contributed by atoms with Crippen molar-refractivity contribution in [3.05, 3.63) is 112 Å². The summed E-state index contributed by atoms with van der Waals surface area (Å²) in [7, 11) is 0. The number of nitrogens with zero attached hydrogens (tertiary/aromatic N) is 3. The van der Waals surface area contributed by atoms with Gasteiger partial charge >= 0.3 is 6.03 Å². The Kier molecular flexibility index (Phi) is 6.01. The fourth-order valence-electron chi connectivity index (χ4n) is 3.92. The second-order valence-corrected chi connectivity index (χ2v) is 8.58. The summed E-state index contributed by atoms with van der Waals surface area (Å²) >= 11 is 6.03. The van der Waals surface area contributed by atoms with Crippen LogP contribution in [0.3, 0.4) is 0 Å². The van der Waals surface area contributed by atoms with Crippen molar-refractivity contribution in [1.82, 2.24) is 14.7 Å². The number of hydrogen-bond acceptors (Lipinski definition) is 3. The van der Waals surface area contributed by atoms with Crippen LogP contribution in [-0.2, 0) is 19.6 Å². The molecule has 0 atom stereocenters. The van der Waals surface area contributed by atoms with Gasteiger partial charge in [0.05, 0.1) is 18.4 Å². The number of fused-ring (bicyclic) bond motifs is 1. The number of anilines is 2. The largest absolute Gasteiger partial charge is 0.322 e. The average Bonchev–Trinajstić information content (AvgIpc) is 3.46. The zero-order valence-corrected chi connectivity index (χ0v) is 19.0. The number of rotatable bonds is 5. The molecule has 170 valence electrons. The van der Waals surface area contributed by atoms with Gasteiger partial charge in [-0.25, -0.2) is 4.79 Å². The Hall–Kier alpha value is -4.10. The van der Waals surface area contributed by atoms with E-state index in [4.69, 9.17) is 11.6 Å². The predicted molar refractivity (Wildman–Crippen MR) is 132 cm³/mol. The van der Waals surface area contributed by atoms with Gasteiger partial charge in [-0.2, -0.15) is 5.10 Å². The zero-order chi connectivity index (χ0) is 23.5. The van der Waals surface area contributed by atoms with Gasteiger partial charge in [-0.05, 0) is 53.1 Å². The fraction of sp³-hybridized carbons (Fsp3) is 0.115. The lowest BCUT2D eigenvalue weighted by molar-refractivity contribution is 0.102. The average molecular weight is 472 g/mol. The Morgan fingerprint density at radius 2 is 1.62 bits per heavy atom. The van der Waals surface area contributed by atoms with Crippen LogP contribution in [0.4, 0.5) is 16.2 Å². The minimum atomic E-state index is -0.254. The van der Waals surface area contributed by atoms with Gasteiger partial charge in [0.2, 0.25) is 0 Å². The molecule has 0 saturated carbocycles. The summed E-state index contributed by atoms with van der Waals surface area (Å²) < 4.78 is 1.73. The van der Waals surface area contributed by atoms with Crippen LogP contribution in [0.2, 0.25) is 5.02 Å². The molecule has 0 bridgehead atoms. The quantitative estimate of drug-likeness (QED) is 0.410. The predicted octanol–water partition coefficient (Wildman–Crippen LogP) is 5.38. The molecule has 7 nitrogen and oxygen atoms in total. The van der Waals surface area contributed by atoms with E-state index in [9.17, 15) is 9.59 Å². The SMILES string of the molecule is O=C(Nc1cnn(Cc2cccc(Cl)c2)c1)c1ccc(NC(=O)N2Cc3ccccc3C2)cc1. The molecular weight excluding hydrogens is 450 g/mol. The maximum atomic E-state index is 12.6. The van der Waals surface area contributed by atoms with Crippen molar-refractivity contribution in [1.29, 1.82) is 0 Å². The summed E-state index contributed by atoms with van der Waals surface area (Å²) in [4.78, 5) is 27.0. The lowest BCUT2D eigenvalue weighted by Gasteiger charge is -2.16. The third-order valence-electron chi connectivity index (χ3n) is 5.65. The summed E-state index contributed by atoms with van der Waals surface area (Å²) in [5, 5.41) is 10.7. The minimum Gasteiger partial charge on any atom is -0.319 e. The highest BCUT2D eigenvalue weighted by Gasteiger charge is 2.22. The number of nitrogens with one attached hydrogen (secondary N) is 2. The number of benzene rings is 3. The van der Waals surface area contributed by atoms with Gasteiger partial charge in [-0.3, -0.25) is 9.48 Å². The second-order valence-electron chi connectivity index (χ2n) is 8.14. The monoisotopic (exact) mass is 471 g/mol. The molecule has 1 aliphatic heterocycles. The lowest BCUT2D eigenvalue weighted by atomic mass is 10.1. The molecule has 4 aromatic rings. The van der Waals surface area contributed by atoms with E-state index in [-0.39, 0.29) is 11.9 Å². The maximum Gasteiger partial charge on any atom is 0.322 e. The van der Waals surface area contributed by atoms with Gasteiger partial charge in [0.1, 0.15) is 0 Å². The van der Waals surface area contributed by atoms with Crippen molar-refractivity contribution in [2.45, 2.75) is 19.6 Å². The topological polar surface area (TPSA) is 79.3 Å². The zero-order valence-electron chi connectivity index (χ0n) is 18.2. The Labute approximate surface area is 202 Å². The van der Waals surface area contributed by atoms with Crippen LogP contribution in [-0.4, -0.2) is 26.6 Å². The van der Waals surface area contributed by atoms with E-state index >= 15 is 0 Å². The highest BCUT2D eigenvalue weighted by Crippen LogP contribution is 2.23. The van der Waals surface area contributed by atoms with Crippen molar-refractivity contribution in [3.8, 4) is 0 Å². The molecule has 0 fully saturated rings. The van der Waals surface area contributed by atoms with E-state index in [0.717, 1.165) is 5.56 Å². The summed E-state index contributed by atoms with van der Waals surface area (Å²) in [6.45, 7) is 1.73. The summed E-state index contributed by atoms with van der Waals surface area (Å²) in [6.07, 6.45) is 3.37. The maximum absolute atomic E-state index is 12.6. The number of amides is 3. The van der Waals surface area contributed by atoms with Gasteiger partial charge < -0.3 is 15.5 Å². The molecule has 0 unspecified atom stereocenters. The molecule has 5 rings (SSSR count). The molecule has 3 amide bonds. The van der Waals surface area contributed by atoms with E-state index in [1.165, 1.54) is 11.1 Å². The van der Waals surface area contributed by atoms with Crippen LogP contribution in [0.5, 0.6) is 0 Å². The van der Waals surface area contributed by atoms with E-state index in [2.05, 4.69) is 15.7 Å². The Balaban J connectivity index is 1.16. The first kappa shape index (κ1) is 21.7. The summed E-state index contributed by atoms with van der Waals surface area (Å²) in [5.41, 5.74) is 5.06. The standard InChI is InChI=1S/C26H22ClN5O2/c27-22-7-3-4-18(12-22)14-32-17-24(13-28-32)29-25(33)19-8-10-23(11-9-19)30-26(34)31-15-20-5-1-2-6-21(20)16-31/h1-13,17H,14-16H2,(H,29,33)(H,30,34). The highest BCUT2D eigenvalue weighted by atomic mass is 35.5. The molecule has 0 radical (unpaired) electrons. The number of aromatic nitrogens is 2. The van der Waals surface area contributed by atoms with Crippen LogP contribution < -0.4 is 10.6 Å². The second kappa shape index (κ2) is 9.41. The first-order chi connectivity index (χ1) is 16.5. The highest BCUT2D eigenvalue weighted by molar-refractivity contribution is 6.30. The third-order valence-corrected chi connectivity index (χ3v) is 5.89. The van der Waals surface area contributed by atoms with Gasteiger partial charge in [0.25, 0.3) is 5.91 Å². The first-order valence-electron chi connectivity index (χ1n) is 10.8. The van der Waals surface area contributed by atoms with Crippen molar-refractivity contribution < 1.29 is 9.59 Å². The first-order valence-corrected chi connectivity index (χ1v) is 11.2. The summed E-state index contributed by atoms with van der Waals surface area (Å²) in [5.74, 6) is -0.254. The van der Waals surface area contributed by atoms with Crippen LogP contribution in [0, 0.1) is 0 Å². The van der Waals surface area contributed by atoms with E-state index in [0.29, 0.717) is 41.6 Å².